The minimum Gasteiger partial charge on any atom is -0.438 e. The van der Waals surface area contributed by atoms with Crippen LogP contribution >= 0.6 is 15.9 Å². The lowest BCUT2D eigenvalue weighted by Crippen LogP contribution is -2.06. The molecule has 0 radical (unpaired) electrons. The fraction of sp³-hybridized carbons (Fsp3) is 0.333. The van der Waals surface area contributed by atoms with Crippen molar-refractivity contribution < 1.29 is 4.74 Å². The maximum atomic E-state index is 5.98. The fourth-order valence-electron chi connectivity index (χ4n) is 1.91. The average molecular weight is 336 g/mol. The third kappa shape index (κ3) is 3.28. The Kier molecular flexibility index (Phi) is 4.95. The number of nitrogens with zero attached hydrogens (tertiary/aromatic N) is 2. The van der Waals surface area contributed by atoms with E-state index >= 15 is 0 Å². The lowest BCUT2D eigenvalue weighted by Gasteiger charge is -2.14. The van der Waals surface area contributed by atoms with Crippen LogP contribution in [0, 0.1) is 6.92 Å². The van der Waals surface area contributed by atoms with Crippen LogP contribution in [0.25, 0.3) is 0 Å². The first kappa shape index (κ1) is 14.8. The predicted octanol–water partition coefficient (Wildman–Crippen LogP) is 4.33. The number of aromatic nitrogens is 2. The molecule has 0 bridgehead atoms. The summed E-state index contributed by atoms with van der Waals surface area (Å²) in [6, 6.07) is 5.95. The quantitative estimate of drug-likeness (QED) is 0.883. The molecule has 0 amide bonds. The molecule has 0 aliphatic carbocycles. The maximum absolute atomic E-state index is 5.98. The van der Waals surface area contributed by atoms with E-state index in [4.69, 9.17) is 4.74 Å². The summed E-state index contributed by atoms with van der Waals surface area (Å²) in [7, 11) is 0. The monoisotopic (exact) mass is 335 g/mol. The first-order chi connectivity index (χ1) is 9.65. The van der Waals surface area contributed by atoms with Gasteiger partial charge in [0.25, 0.3) is 0 Å². The van der Waals surface area contributed by atoms with E-state index in [1.165, 1.54) is 6.33 Å². The molecule has 0 aliphatic heterocycles. The van der Waals surface area contributed by atoms with E-state index in [-0.39, 0.29) is 0 Å². The van der Waals surface area contributed by atoms with Crippen molar-refractivity contribution in [2.75, 3.05) is 11.9 Å². The Morgan fingerprint density at radius 2 is 2.05 bits per heavy atom. The van der Waals surface area contributed by atoms with Gasteiger partial charge in [-0.05, 0) is 38.0 Å². The summed E-state index contributed by atoms with van der Waals surface area (Å²) >= 11 is 3.46. The summed E-state index contributed by atoms with van der Waals surface area (Å²) in [5.41, 5.74) is 2.06. The molecule has 1 aromatic heterocycles. The summed E-state index contributed by atoms with van der Waals surface area (Å²) in [4.78, 5) is 8.54. The number of aryl methyl sites for hydroxylation is 1. The van der Waals surface area contributed by atoms with Gasteiger partial charge in [-0.25, -0.2) is 9.97 Å². The van der Waals surface area contributed by atoms with Gasteiger partial charge in [0.15, 0.2) is 0 Å². The van der Waals surface area contributed by atoms with Crippen molar-refractivity contribution in [3.8, 4) is 11.6 Å². The van der Waals surface area contributed by atoms with Crippen molar-refractivity contribution >= 4 is 21.7 Å². The van der Waals surface area contributed by atoms with Gasteiger partial charge in [0, 0.05) is 11.0 Å². The van der Waals surface area contributed by atoms with Crippen LogP contribution < -0.4 is 10.1 Å². The second-order valence-electron chi connectivity index (χ2n) is 4.40. The van der Waals surface area contributed by atoms with Crippen LogP contribution in [0.1, 0.15) is 25.0 Å². The smallest absolute Gasteiger partial charge is 0.227 e. The summed E-state index contributed by atoms with van der Waals surface area (Å²) in [5.74, 6) is 2.25. The zero-order chi connectivity index (χ0) is 14.5. The first-order valence-electron chi connectivity index (χ1n) is 6.67. The fourth-order valence-corrected chi connectivity index (χ4v) is 2.25. The van der Waals surface area contributed by atoms with Gasteiger partial charge in [-0.1, -0.05) is 28.9 Å². The molecule has 2 rings (SSSR count). The molecule has 106 valence electrons. The SMILES string of the molecule is CCNc1ncnc(Oc2cc(Br)ccc2C)c1CC. The Labute approximate surface area is 127 Å². The number of nitrogens with one attached hydrogen (secondary N) is 1. The second-order valence-corrected chi connectivity index (χ2v) is 5.32. The minimum absolute atomic E-state index is 0.611. The van der Waals surface area contributed by atoms with Crippen LogP contribution in [-0.4, -0.2) is 16.5 Å². The van der Waals surface area contributed by atoms with Gasteiger partial charge < -0.3 is 10.1 Å². The Hall–Kier alpha value is -1.62. The normalized spacial score (nSPS) is 10.4. The average Bonchev–Trinajstić information content (AvgIpc) is 2.43. The number of hydrogen-bond acceptors (Lipinski definition) is 4. The van der Waals surface area contributed by atoms with E-state index in [1.807, 2.05) is 32.0 Å². The minimum atomic E-state index is 0.611. The van der Waals surface area contributed by atoms with E-state index in [0.717, 1.165) is 40.1 Å². The van der Waals surface area contributed by atoms with Crippen molar-refractivity contribution in [2.24, 2.45) is 0 Å². The van der Waals surface area contributed by atoms with E-state index in [2.05, 4.69) is 38.1 Å². The molecule has 4 nitrogen and oxygen atoms in total. The number of anilines is 1. The molecule has 2 aromatic rings. The number of halogens is 1. The zero-order valence-corrected chi connectivity index (χ0v) is 13.5. The van der Waals surface area contributed by atoms with E-state index < -0.39 is 0 Å². The van der Waals surface area contributed by atoms with E-state index in [0.29, 0.717) is 5.88 Å². The number of benzene rings is 1. The molecular weight excluding hydrogens is 318 g/mol. The largest absolute Gasteiger partial charge is 0.438 e. The molecule has 0 aliphatic rings. The van der Waals surface area contributed by atoms with Crippen molar-refractivity contribution in [3.63, 3.8) is 0 Å². The van der Waals surface area contributed by atoms with Crippen molar-refractivity contribution in [1.29, 1.82) is 0 Å². The molecule has 0 atom stereocenters. The van der Waals surface area contributed by atoms with Crippen molar-refractivity contribution in [3.05, 3.63) is 40.1 Å². The van der Waals surface area contributed by atoms with Crippen LogP contribution in [0.5, 0.6) is 11.6 Å². The molecule has 0 saturated heterocycles. The Morgan fingerprint density at radius 3 is 2.75 bits per heavy atom. The number of rotatable bonds is 5. The first-order valence-corrected chi connectivity index (χ1v) is 7.46. The lowest BCUT2D eigenvalue weighted by atomic mass is 10.2. The van der Waals surface area contributed by atoms with Gasteiger partial charge in [-0.15, -0.1) is 0 Å². The van der Waals surface area contributed by atoms with Crippen molar-refractivity contribution in [2.45, 2.75) is 27.2 Å². The van der Waals surface area contributed by atoms with Gasteiger partial charge in [0.1, 0.15) is 17.9 Å². The Bertz CT molecular complexity index is 602. The van der Waals surface area contributed by atoms with E-state index in [1.54, 1.807) is 0 Å². The second kappa shape index (κ2) is 6.70. The van der Waals surface area contributed by atoms with Crippen LogP contribution in [0.4, 0.5) is 5.82 Å². The lowest BCUT2D eigenvalue weighted by molar-refractivity contribution is 0.452. The highest BCUT2D eigenvalue weighted by molar-refractivity contribution is 9.10. The standard InChI is InChI=1S/C15H18BrN3O/c1-4-12-14(17-5-2)18-9-19-15(12)20-13-8-11(16)7-6-10(13)3/h6-9H,4-5H2,1-3H3,(H,17,18,19). The predicted molar refractivity (Wildman–Crippen MR) is 84.5 cm³/mol. The molecule has 0 spiro atoms. The highest BCUT2D eigenvalue weighted by Crippen LogP contribution is 2.31. The third-order valence-corrected chi connectivity index (χ3v) is 3.45. The van der Waals surface area contributed by atoms with Crippen LogP contribution in [0.2, 0.25) is 0 Å². The number of ether oxygens (including phenoxy) is 1. The van der Waals surface area contributed by atoms with Gasteiger partial charge in [-0.2, -0.15) is 0 Å². The molecule has 0 unspecified atom stereocenters. The molecule has 20 heavy (non-hydrogen) atoms. The number of hydrogen-bond donors (Lipinski definition) is 1. The highest BCUT2D eigenvalue weighted by atomic mass is 79.9. The summed E-state index contributed by atoms with van der Waals surface area (Å²) < 4.78 is 6.96. The highest BCUT2D eigenvalue weighted by Gasteiger charge is 2.12. The summed E-state index contributed by atoms with van der Waals surface area (Å²) in [5, 5.41) is 3.24. The van der Waals surface area contributed by atoms with Crippen molar-refractivity contribution in [1.82, 2.24) is 9.97 Å². The van der Waals surface area contributed by atoms with Crippen LogP contribution in [-0.2, 0) is 6.42 Å². The molecule has 1 aromatic carbocycles. The molecule has 1 heterocycles. The van der Waals surface area contributed by atoms with E-state index in [9.17, 15) is 0 Å². The van der Waals surface area contributed by atoms with Crippen LogP contribution in [0.3, 0.4) is 0 Å². The zero-order valence-electron chi connectivity index (χ0n) is 11.9. The maximum Gasteiger partial charge on any atom is 0.227 e. The summed E-state index contributed by atoms with van der Waals surface area (Å²) in [6.45, 7) is 6.94. The molecule has 1 N–H and O–H groups in total. The van der Waals surface area contributed by atoms with Gasteiger partial charge in [0.2, 0.25) is 5.88 Å². The molecule has 0 fully saturated rings. The third-order valence-electron chi connectivity index (χ3n) is 2.96. The van der Waals surface area contributed by atoms with Crippen LogP contribution in [0.15, 0.2) is 29.0 Å². The Balaban J connectivity index is 2.37. The summed E-state index contributed by atoms with van der Waals surface area (Å²) in [6.07, 6.45) is 2.34. The van der Waals surface area contributed by atoms with Gasteiger partial charge in [0.05, 0.1) is 5.56 Å². The molecule has 0 saturated carbocycles. The Morgan fingerprint density at radius 1 is 1.25 bits per heavy atom. The van der Waals surface area contributed by atoms with Gasteiger partial charge in [-0.3, -0.25) is 0 Å². The topological polar surface area (TPSA) is 47.0 Å². The van der Waals surface area contributed by atoms with Gasteiger partial charge >= 0.3 is 0 Å². The molecule has 5 heteroatoms. The molecular formula is C15H18BrN3O.